The lowest BCUT2D eigenvalue weighted by atomic mass is 10.00. The maximum Gasteiger partial charge on any atom is 0.189 e. The number of ether oxygens (including phenoxy) is 1. The van der Waals surface area contributed by atoms with Crippen LogP contribution in [0.25, 0.3) is 0 Å². The van der Waals surface area contributed by atoms with Crippen LogP contribution in [0.1, 0.15) is 16.4 Å². The number of fused-ring (bicyclic) bond motifs is 2. The van der Waals surface area contributed by atoms with E-state index in [2.05, 4.69) is 0 Å². The second-order valence-electron chi connectivity index (χ2n) is 5.56. The number of para-hydroxylation sites is 1. The molecular weight excluding hydrogens is 327 g/mol. The van der Waals surface area contributed by atoms with Crippen molar-refractivity contribution in [1.82, 2.24) is 0 Å². The number of rotatable bonds is 2. The molecule has 1 aliphatic rings. The van der Waals surface area contributed by atoms with Crippen molar-refractivity contribution in [3.05, 3.63) is 89.7 Å². The summed E-state index contributed by atoms with van der Waals surface area (Å²) in [6.07, 6.45) is 0. The van der Waals surface area contributed by atoms with E-state index in [9.17, 15) is 12.8 Å². The zero-order valence-electron chi connectivity index (χ0n) is 12.5. The summed E-state index contributed by atoms with van der Waals surface area (Å²) in [5.74, 6) is 0.339. The Labute approximate surface area is 139 Å². The van der Waals surface area contributed by atoms with E-state index in [0.29, 0.717) is 22.6 Å². The topological polar surface area (TPSA) is 43.4 Å². The molecule has 0 bridgehead atoms. The molecule has 0 saturated carbocycles. The van der Waals surface area contributed by atoms with E-state index in [-0.39, 0.29) is 4.90 Å². The SMILES string of the molecule is O=S(=O)(c1ccccc1)[C@@H]1c2ccccc2Oc2ccc(F)cc21. The lowest BCUT2D eigenvalue weighted by molar-refractivity contribution is 0.452. The first-order chi connectivity index (χ1) is 11.6. The Balaban J connectivity index is 2.00. The second kappa shape index (κ2) is 5.46. The molecule has 5 heteroatoms. The molecule has 120 valence electrons. The molecule has 3 aromatic carbocycles. The van der Waals surface area contributed by atoms with Crippen LogP contribution < -0.4 is 4.74 Å². The molecule has 4 rings (SSSR count). The lowest BCUT2D eigenvalue weighted by Gasteiger charge is -2.28. The van der Waals surface area contributed by atoms with Crippen LogP contribution in [-0.4, -0.2) is 8.42 Å². The number of hydrogen-bond acceptors (Lipinski definition) is 3. The Morgan fingerprint density at radius 3 is 2.25 bits per heavy atom. The minimum Gasteiger partial charge on any atom is -0.457 e. The van der Waals surface area contributed by atoms with E-state index in [0.717, 1.165) is 0 Å². The summed E-state index contributed by atoms with van der Waals surface area (Å²) >= 11 is 0. The molecule has 0 N–H and O–H groups in total. The van der Waals surface area contributed by atoms with Gasteiger partial charge in [0.2, 0.25) is 0 Å². The van der Waals surface area contributed by atoms with E-state index in [1.165, 1.54) is 18.2 Å². The van der Waals surface area contributed by atoms with Gasteiger partial charge in [-0.1, -0.05) is 36.4 Å². The van der Waals surface area contributed by atoms with Gasteiger partial charge in [0.25, 0.3) is 0 Å². The number of halogens is 1. The van der Waals surface area contributed by atoms with Crippen LogP contribution in [0.2, 0.25) is 0 Å². The molecule has 0 unspecified atom stereocenters. The van der Waals surface area contributed by atoms with Crippen molar-refractivity contribution < 1.29 is 17.5 Å². The molecule has 1 heterocycles. The molecule has 24 heavy (non-hydrogen) atoms. The highest BCUT2D eigenvalue weighted by Gasteiger charge is 2.38. The first-order valence-corrected chi connectivity index (χ1v) is 8.97. The highest BCUT2D eigenvalue weighted by Crippen LogP contribution is 2.48. The molecule has 0 amide bonds. The molecule has 0 fully saturated rings. The van der Waals surface area contributed by atoms with Crippen molar-refractivity contribution in [2.24, 2.45) is 0 Å². The van der Waals surface area contributed by atoms with Gasteiger partial charge in [-0.15, -0.1) is 0 Å². The van der Waals surface area contributed by atoms with Gasteiger partial charge in [0.15, 0.2) is 9.84 Å². The highest BCUT2D eigenvalue weighted by molar-refractivity contribution is 7.92. The molecule has 0 aliphatic carbocycles. The highest BCUT2D eigenvalue weighted by atomic mass is 32.2. The number of sulfone groups is 1. The molecule has 3 aromatic rings. The van der Waals surface area contributed by atoms with Crippen molar-refractivity contribution in [1.29, 1.82) is 0 Å². The predicted molar refractivity (Wildman–Crippen MR) is 88.4 cm³/mol. The van der Waals surface area contributed by atoms with E-state index in [1.54, 1.807) is 54.6 Å². The van der Waals surface area contributed by atoms with Gasteiger partial charge in [0, 0.05) is 11.1 Å². The summed E-state index contributed by atoms with van der Waals surface area (Å²) in [7, 11) is -3.75. The van der Waals surface area contributed by atoms with Crippen LogP contribution in [0.15, 0.2) is 77.7 Å². The second-order valence-corrected chi connectivity index (χ2v) is 7.59. The average molecular weight is 340 g/mol. The Bertz CT molecular complexity index is 1010. The molecule has 0 radical (unpaired) electrons. The van der Waals surface area contributed by atoms with Crippen LogP contribution >= 0.6 is 0 Å². The quantitative estimate of drug-likeness (QED) is 0.690. The summed E-state index contributed by atoms with van der Waals surface area (Å²) in [4.78, 5) is 0.196. The molecule has 1 atom stereocenters. The fraction of sp³-hybridized carbons (Fsp3) is 0.0526. The van der Waals surface area contributed by atoms with E-state index in [4.69, 9.17) is 4.74 Å². The minimum absolute atomic E-state index is 0.196. The fourth-order valence-electron chi connectivity index (χ4n) is 2.97. The van der Waals surface area contributed by atoms with Gasteiger partial charge < -0.3 is 4.74 Å². The van der Waals surface area contributed by atoms with Crippen molar-refractivity contribution in [2.45, 2.75) is 10.1 Å². The monoisotopic (exact) mass is 340 g/mol. The summed E-state index contributed by atoms with van der Waals surface area (Å²) in [6.45, 7) is 0. The molecule has 0 saturated heterocycles. The van der Waals surface area contributed by atoms with Crippen molar-refractivity contribution in [3.8, 4) is 11.5 Å². The first-order valence-electron chi connectivity index (χ1n) is 7.42. The van der Waals surface area contributed by atoms with Gasteiger partial charge in [-0.05, 0) is 36.4 Å². The zero-order chi connectivity index (χ0) is 16.7. The summed E-state index contributed by atoms with van der Waals surface area (Å²) in [5, 5.41) is -1.00. The van der Waals surface area contributed by atoms with E-state index in [1.807, 2.05) is 0 Å². The van der Waals surface area contributed by atoms with E-state index < -0.39 is 20.9 Å². The average Bonchev–Trinajstić information content (AvgIpc) is 2.60. The van der Waals surface area contributed by atoms with Gasteiger partial charge in [-0.3, -0.25) is 0 Å². The third-order valence-corrected chi connectivity index (χ3v) is 6.12. The Morgan fingerprint density at radius 2 is 1.46 bits per heavy atom. The van der Waals surface area contributed by atoms with E-state index >= 15 is 0 Å². The maximum atomic E-state index is 13.8. The Kier molecular flexibility index (Phi) is 3.39. The molecule has 3 nitrogen and oxygen atoms in total. The lowest BCUT2D eigenvalue weighted by Crippen LogP contribution is -2.19. The largest absolute Gasteiger partial charge is 0.457 e. The smallest absolute Gasteiger partial charge is 0.189 e. The Hall–Kier alpha value is -2.66. The maximum absolute atomic E-state index is 13.8. The fourth-order valence-corrected chi connectivity index (χ4v) is 4.83. The molecular formula is C19H13FO3S. The zero-order valence-corrected chi connectivity index (χ0v) is 13.3. The van der Waals surface area contributed by atoms with Crippen LogP contribution in [0.5, 0.6) is 11.5 Å². The minimum atomic E-state index is -3.75. The third kappa shape index (κ3) is 2.29. The van der Waals surface area contributed by atoms with Crippen LogP contribution in [0.3, 0.4) is 0 Å². The van der Waals surface area contributed by atoms with Crippen molar-refractivity contribution >= 4 is 9.84 Å². The van der Waals surface area contributed by atoms with Crippen LogP contribution in [0, 0.1) is 5.82 Å². The van der Waals surface area contributed by atoms with Gasteiger partial charge in [-0.2, -0.15) is 0 Å². The van der Waals surface area contributed by atoms with Crippen LogP contribution in [-0.2, 0) is 9.84 Å². The summed E-state index contributed by atoms with van der Waals surface area (Å²) in [6, 6.07) is 19.1. The third-order valence-electron chi connectivity index (χ3n) is 4.06. The van der Waals surface area contributed by atoms with Crippen molar-refractivity contribution in [2.75, 3.05) is 0 Å². The normalized spacial score (nSPS) is 16.0. The van der Waals surface area contributed by atoms with Crippen molar-refractivity contribution in [3.63, 3.8) is 0 Å². The predicted octanol–water partition coefficient (Wildman–Crippen LogP) is 4.49. The van der Waals surface area contributed by atoms with Gasteiger partial charge >= 0.3 is 0 Å². The molecule has 0 spiro atoms. The van der Waals surface area contributed by atoms with Gasteiger partial charge in [-0.25, -0.2) is 12.8 Å². The Morgan fingerprint density at radius 1 is 0.792 bits per heavy atom. The summed E-state index contributed by atoms with van der Waals surface area (Å²) in [5.41, 5.74) is 0.831. The standard InChI is InChI=1S/C19H13FO3S/c20-13-10-11-18-16(12-13)19(15-8-4-5-9-17(15)23-18)24(21,22)14-6-2-1-3-7-14/h1-12,19H/t19-/m1/s1. The van der Waals surface area contributed by atoms with Gasteiger partial charge in [0.05, 0.1) is 4.90 Å². The molecule has 0 aromatic heterocycles. The van der Waals surface area contributed by atoms with Gasteiger partial charge in [0.1, 0.15) is 22.6 Å². The van der Waals surface area contributed by atoms with Crippen LogP contribution in [0.4, 0.5) is 4.39 Å². The number of benzene rings is 3. The first kappa shape index (κ1) is 14.9. The number of hydrogen-bond donors (Lipinski definition) is 0. The summed E-state index contributed by atoms with van der Waals surface area (Å²) < 4.78 is 46.0. The molecule has 1 aliphatic heterocycles.